The number of benzene rings is 4. The highest BCUT2D eigenvalue weighted by atomic mass is 35.5. The Morgan fingerprint density at radius 1 is 1.03 bits per heavy atom. The molecule has 0 radical (unpaired) electrons. The molecule has 0 amide bonds. The van der Waals surface area contributed by atoms with Gasteiger partial charge in [0.15, 0.2) is 5.82 Å². The van der Waals surface area contributed by atoms with Crippen LogP contribution in [0.5, 0.6) is 5.75 Å². The van der Waals surface area contributed by atoms with E-state index in [0.29, 0.717) is 18.1 Å². The molecular weight excluding hydrogens is 515 g/mol. The summed E-state index contributed by atoms with van der Waals surface area (Å²) in [6.07, 6.45) is 2.02. The number of anilines is 2. The van der Waals surface area contributed by atoms with Gasteiger partial charge in [-0.1, -0.05) is 49.4 Å². The molecule has 38 heavy (non-hydrogen) atoms. The highest BCUT2D eigenvalue weighted by Crippen LogP contribution is 2.41. The van der Waals surface area contributed by atoms with Crippen molar-refractivity contribution in [1.29, 1.82) is 0 Å². The Hall–Kier alpha value is -3.71. The standard InChI is InChI=1S/C30H26F3NO3.ClH/c1-18(22-11-5-8-19-7-2-3-10-23(19)22)6-4-9-21-17-34(26-16-20(31)12-15-27(26)37-21)25-14-13-24(32)28(29(25)33)30(35)36;/h2-3,5,7-8,10-16,18,21H,4,6,9,17H2,1H3,(H,35,36);1H/t18-,21?;/m0./s1. The average Bonchev–Trinajstić information content (AvgIpc) is 2.88. The summed E-state index contributed by atoms with van der Waals surface area (Å²) < 4.78 is 49.4. The van der Waals surface area contributed by atoms with Gasteiger partial charge >= 0.3 is 5.97 Å². The van der Waals surface area contributed by atoms with Crippen molar-refractivity contribution in [3.63, 3.8) is 0 Å². The van der Waals surface area contributed by atoms with E-state index in [2.05, 4.69) is 37.3 Å². The number of nitrogens with zero attached hydrogens (tertiary/aromatic N) is 1. The number of hydrogen-bond acceptors (Lipinski definition) is 3. The van der Waals surface area contributed by atoms with Gasteiger partial charge in [0.25, 0.3) is 0 Å². The molecule has 1 heterocycles. The molecule has 4 nitrogen and oxygen atoms in total. The largest absolute Gasteiger partial charge is 0.486 e. The van der Waals surface area contributed by atoms with Crippen molar-refractivity contribution in [3.05, 3.63) is 101 Å². The molecule has 1 N–H and O–H groups in total. The molecule has 0 fully saturated rings. The Bertz CT molecular complexity index is 1470. The van der Waals surface area contributed by atoms with E-state index in [0.717, 1.165) is 18.9 Å². The smallest absolute Gasteiger partial charge is 0.341 e. The van der Waals surface area contributed by atoms with Crippen molar-refractivity contribution in [2.24, 2.45) is 0 Å². The summed E-state index contributed by atoms with van der Waals surface area (Å²) in [7, 11) is 0. The first kappa shape index (κ1) is 27.3. The fourth-order valence-electron chi connectivity index (χ4n) is 5.13. The van der Waals surface area contributed by atoms with Gasteiger partial charge < -0.3 is 14.7 Å². The van der Waals surface area contributed by atoms with Crippen molar-refractivity contribution < 1.29 is 27.8 Å². The number of ether oxygens (including phenoxy) is 1. The lowest BCUT2D eigenvalue weighted by Gasteiger charge is -2.37. The maximum absolute atomic E-state index is 15.2. The summed E-state index contributed by atoms with van der Waals surface area (Å²) in [6, 6.07) is 20.6. The number of carboxylic acids is 1. The molecule has 2 atom stereocenters. The summed E-state index contributed by atoms with van der Waals surface area (Å²) in [6.45, 7) is 2.36. The van der Waals surface area contributed by atoms with Gasteiger partial charge in [-0.3, -0.25) is 0 Å². The molecule has 198 valence electrons. The predicted octanol–water partition coefficient (Wildman–Crippen LogP) is 8.25. The maximum Gasteiger partial charge on any atom is 0.341 e. The molecule has 4 aromatic carbocycles. The van der Waals surface area contributed by atoms with E-state index >= 15 is 4.39 Å². The third-order valence-corrected chi connectivity index (χ3v) is 6.98. The Morgan fingerprint density at radius 3 is 2.58 bits per heavy atom. The van der Waals surface area contributed by atoms with Gasteiger partial charge in [0.1, 0.15) is 29.1 Å². The Labute approximate surface area is 225 Å². The molecule has 5 rings (SSSR count). The van der Waals surface area contributed by atoms with Gasteiger partial charge in [0.2, 0.25) is 0 Å². The molecule has 0 bridgehead atoms. The number of rotatable bonds is 7. The summed E-state index contributed by atoms with van der Waals surface area (Å²) in [4.78, 5) is 12.9. The fraction of sp³-hybridized carbons (Fsp3) is 0.233. The SMILES string of the molecule is C[C@@H](CCCC1CN(c2ccc(F)c(C(=O)O)c2F)c2cc(F)ccc2O1)c1cccc2ccccc12.Cl. The highest BCUT2D eigenvalue weighted by molar-refractivity contribution is 5.90. The second-order valence-corrected chi connectivity index (χ2v) is 9.42. The molecule has 1 aliphatic rings. The minimum absolute atomic E-state index is 0. The molecule has 8 heteroatoms. The Morgan fingerprint density at radius 2 is 1.79 bits per heavy atom. The second-order valence-electron chi connectivity index (χ2n) is 9.42. The lowest BCUT2D eigenvalue weighted by molar-refractivity contribution is 0.0686. The van der Waals surface area contributed by atoms with Gasteiger partial charge in [-0.15, -0.1) is 12.4 Å². The number of fused-ring (bicyclic) bond motifs is 2. The third-order valence-electron chi connectivity index (χ3n) is 6.98. The Kier molecular flexibility index (Phi) is 8.17. The lowest BCUT2D eigenvalue weighted by Crippen LogP contribution is -2.38. The first-order valence-electron chi connectivity index (χ1n) is 12.3. The molecule has 4 aromatic rings. The van der Waals surface area contributed by atoms with Gasteiger partial charge in [-0.25, -0.2) is 18.0 Å². The number of halogens is 4. The number of carbonyl (C=O) groups is 1. The van der Waals surface area contributed by atoms with Crippen molar-refractivity contribution in [3.8, 4) is 5.75 Å². The summed E-state index contributed by atoms with van der Waals surface area (Å²) in [5.41, 5.74) is 0.368. The number of aromatic carboxylic acids is 1. The van der Waals surface area contributed by atoms with Crippen LogP contribution in [-0.4, -0.2) is 23.7 Å². The van der Waals surface area contributed by atoms with Crippen LogP contribution in [0.1, 0.15) is 48.0 Å². The van der Waals surface area contributed by atoms with E-state index in [1.807, 2.05) is 12.1 Å². The molecule has 0 spiro atoms. The predicted molar refractivity (Wildman–Crippen MR) is 145 cm³/mol. The highest BCUT2D eigenvalue weighted by Gasteiger charge is 2.31. The molecule has 1 aliphatic heterocycles. The number of carboxylic acid groups (broad SMARTS) is 1. The van der Waals surface area contributed by atoms with Crippen LogP contribution in [0.4, 0.5) is 24.5 Å². The zero-order chi connectivity index (χ0) is 26.1. The van der Waals surface area contributed by atoms with Crippen LogP contribution >= 0.6 is 12.4 Å². The third kappa shape index (κ3) is 5.29. The first-order chi connectivity index (χ1) is 17.8. The minimum Gasteiger partial charge on any atom is -0.486 e. The van der Waals surface area contributed by atoms with Gasteiger partial charge in [0, 0.05) is 6.07 Å². The topological polar surface area (TPSA) is 49.8 Å². The zero-order valence-electron chi connectivity index (χ0n) is 20.7. The quantitative estimate of drug-likeness (QED) is 0.256. The minimum atomic E-state index is -1.71. The van der Waals surface area contributed by atoms with Crippen LogP contribution in [0, 0.1) is 17.5 Å². The van der Waals surface area contributed by atoms with Gasteiger partial charge in [-0.05, 0) is 65.8 Å². The summed E-state index contributed by atoms with van der Waals surface area (Å²) >= 11 is 0. The van der Waals surface area contributed by atoms with E-state index in [1.165, 1.54) is 45.5 Å². The van der Waals surface area contributed by atoms with Crippen molar-refractivity contribution in [2.75, 3.05) is 11.4 Å². The summed E-state index contributed by atoms with van der Waals surface area (Å²) in [5.74, 6) is -3.95. The van der Waals surface area contributed by atoms with Crippen LogP contribution < -0.4 is 9.64 Å². The zero-order valence-corrected chi connectivity index (χ0v) is 21.5. The van der Waals surface area contributed by atoms with Crippen molar-refractivity contribution in [1.82, 2.24) is 0 Å². The second kappa shape index (κ2) is 11.4. The van der Waals surface area contributed by atoms with Crippen LogP contribution in [0.15, 0.2) is 72.8 Å². The van der Waals surface area contributed by atoms with E-state index < -0.39 is 29.0 Å². The van der Waals surface area contributed by atoms with E-state index in [1.54, 1.807) is 0 Å². The molecule has 1 unspecified atom stereocenters. The van der Waals surface area contributed by atoms with Gasteiger partial charge in [-0.2, -0.15) is 0 Å². The van der Waals surface area contributed by atoms with Crippen LogP contribution in [-0.2, 0) is 0 Å². The maximum atomic E-state index is 15.2. The van der Waals surface area contributed by atoms with Gasteiger partial charge in [0.05, 0.1) is 17.9 Å². The van der Waals surface area contributed by atoms with E-state index in [-0.39, 0.29) is 36.4 Å². The monoisotopic (exact) mass is 541 g/mol. The lowest BCUT2D eigenvalue weighted by atomic mass is 9.90. The van der Waals surface area contributed by atoms with Crippen LogP contribution in [0.3, 0.4) is 0 Å². The molecule has 0 aromatic heterocycles. The molecule has 0 aliphatic carbocycles. The number of hydrogen-bond donors (Lipinski definition) is 1. The normalized spacial score (nSPS) is 15.4. The Balaban J connectivity index is 0.00000336. The van der Waals surface area contributed by atoms with Crippen LogP contribution in [0.25, 0.3) is 10.8 Å². The first-order valence-corrected chi connectivity index (χ1v) is 12.3. The van der Waals surface area contributed by atoms with Crippen molar-refractivity contribution >= 4 is 40.5 Å². The average molecular weight is 542 g/mol. The summed E-state index contributed by atoms with van der Waals surface area (Å²) in [5, 5.41) is 11.7. The molecule has 0 saturated heterocycles. The van der Waals surface area contributed by atoms with Crippen molar-refractivity contribution in [2.45, 2.75) is 38.2 Å². The van der Waals surface area contributed by atoms with E-state index in [9.17, 15) is 18.7 Å². The fourth-order valence-corrected chi connectivity index (χ4v) is 5.13. The van der Waals surface area contributed by atoms with E-state index in [4.69, 9.17) is 4.74 Å². The van der Waals surface area contributed by atoms with Crippen LogP contribution in [0.2, 0.25) is 0 Å². The molecular formula is C30H27ClF3NO3. The molecule has 0 saturated carbocycles.